The molecule has 1 atom stereocenters. The predicted octanol–water partition coefficient (Wildman–Crippen LogP) is 4.26. The molecule has 0 saturated heterocycles. The molecular formula is C18H21NO2. The van der Waals surface area contributed by atoms with Gasteiger partial charge >= 0.3 is 5.97 Å². The van der Waals surface area contributed by atoms with Crippen molar-refractivity contribution in [2.75, 3.05) is 12.4 Å². The molecule has 1 N–H and O–H groups in total. The minimum Gasteiger partial charge on any atom is -0.465 e. The van der Waals surface area contributed by atoms with Crippen molar-refractivity contribution < 1.29 is 9.53 Å². The number of rotatable bonds is 4. The van der Waals surface area contributed by atoms with Gasteiger partial charge in [-0.3, -0.25) is 0 Å². The van der Waals surface area contributed by atoms with E-state index in [4.69, 9.17) is 4.74 Å². The lowest BCUT2D eigenvalue weighted by atomic mass is 10.0. The zero-order chi connectivity index (χ0) is 15.4. The number of hydrogen-bond donors (Lipinski definition) is 1. The van der Waals surface area contributed by atoms with Gasteiger partial charge in [0.25, 0.3) is 0 Å². The summed E-state index contributed by atoms with van der Waals surface area (Å²) in [5.74, 6) is -0.318. The number of hydrogen-bond acceptors (Lipinski definition) is 3. The number of nitrogens with one attached hydrogen (secondary N) is 1. The Morgan fingerprint density at radius 1 is 1.14 bits per heavy atom. The summed E-state index contributed by atoms with van der Waals surface area (Å²) in [4.78, 5) is 11.6. The largest absolute Gasteiger partial charge is 0.465 e. The van der Waals surface area contributed by atoms with E-state index < -0.39 is 0 Å². The van der Waals surface area contributed by atoms with Gasteiger partial charge in [-0.1, -0.05) is 35.9 Å². The van der Waals surface area contributed by atoms with Gasteiger partial charge in [-0.2, -0.15) is 0 Å². The molecule has 0 aliphatic rings. The molecule has 2 aromatic rings. The second kappa shape index (κ2) is 6.44. The zero-order valence-corrected chi connectivity index (χ0v) is 12.9. The number of carbonyl (C=O) groups is 1. The van der Waals surface area contributed by atoms with E-state index in [1.54, 1.807) is 6.07 Å². The maximum Gasteiger partial charge on any atom is 0.337 e. The van der Waals surface area contributed by atoms with Gasteiger partial charge in [-0.05, 0) is 44.0 Å². The Hall–Kier alpha value is -2.29. The fourth-order valence-electron chi connectivity index (χ4n) is 2.28. The number of methoxy groups -OCH3 is 1. The molecule has 1 unspecified atom stereocenters. The highest BCUT2D eigenvalue weighted by atomic mass is 16.5. The van der Waals surface area contributed by atoms with Crippen LogP contribution >= 0.6 is 0 Å². The van der Waals surface area contributed by atoms with Crippen molar-refractivity contribution in [3.63, 3.8) is 0 Å². The average molecular weight is 283 g/mol. The average Bonchev–Trinajstić information content (AvgIpc) is 2.48. The van der Waals surface area contributed by atoms with Crippen LogP contribution in [0.1, 0.15) is 40.0 Å². The lowest BCUT2D eigenvalue weighted by Crippen LogP contribution is -2.09. The van der Waals surface area contributed by atoms with E-state index in [2.05, 4.69) is 43.4 Å². The molecule has 3 heteroatoms. The van der Waals surface area contributed by atoms with Crippen LogP contribution in [0.2, 0.25) is 0 Å². The molecule has 0 amide bonds. The Labute approximate surface area is 126 Å². The van der Waals surface area contributed by atoms with E-state index in [-0.39, 0.29) is 12.0 Å². The molecule has 0 saturated carbocycles. The van der Waals surface area contributed by atoms with E-state index >= 15 is 0 Å². The Balaban J connectivity index is 2.24. The Bertz CT molecular complexity index is 649. The minimum atomic E-state index is -0.318. The van der Waals surface area contributed by atoms with Gasteiger partial charge in [0.1, 0.15) is 0 Å². The number of carbonyl (C=O) groups excluding carboxylic acids is 1. The fourth-order valence-corrected chi connectivity index (χ4v) is 2.28. The van der Waals surface area contributed by atoms with Crippen molar-refractivity contribution in [1.82, 2.24) is 0 Å². The van der Waals surface area contributed by atoms with Gasteiger partial charge in [0.2, 0.25) is 0 Å². The first kappa shape index (κ1) is 15.1. The standard InChI is InChI=1S/C18H21NO2/c1-12-6-5-7-15(10-12)14(3)19-17-11-16(18(20)21-4)9-8-13(17)2/h5-11,14,19H,1-4H3. The summed E-state index contributed by atoms with van der Waals surface area (Å²) in [6.07, 6.45) is 0. The highest BCUT2D eigenvalue weighted by Gasteiger charge is 2.11. The van der Waals surface area contributed by atoms with Crippen LogP contribution in [-0.2, 0) is 4.74 Å². The number of esters is 1. The van der Waals surface area contributed by atoms with Crippen molar-refractivity contribution in [2.24, 2.45) is 0 Å². The molecule has 0 aliphatic heterocycles. The molecule has 2 rings (SSSR count). The summed E-state index contributed by atoms with van der Waals surface area (Å²) < 4.78 is 4.77. The smallest absolute Gasteiger partial charge is 0.337 e. The Morgan fingerprint density at radius 2 is 1.90 bits per heavy atom. The molecule has 0 aromatic heterocycles. The summed E-state index contributed by atoms with van der Waals surface area (Å²) in [6.45, 7) is 6.21. The van der Waals surface area contributed by atoms with Crippen LogP contribution in [0.3, 0.4) is 0 Å². The highest BCUT2D eigenvalue weighted by Crippen LogP contribution is 2.24. The SMILES string of the molecule is COC(=O)c1ccc(C)c(NC(C)c2cccc(C)c2)c1. The quantitative estimate of drug-likeness (QED) is 0.852. The van der Waals surface area contributed by atoms with E-state index in [1.165, 1.54) is 18.2 Å². The molecule has 0 aliphatic carbocycles. The normalized spacial score (nSPS) is 11.8. The van der Waals surface area contributed by atoms with Crippen LogP contribution < -0.4 is 5.32 Å². The van der Waals surface area contributed by atoms with E-state index in [9.17, 15) is 4.79 Å². The summed E-state index contributed by atoms with van der Waals surface area (Å²) in [6, 6.07) is 14.1. The molecule has 0 heterocycles. The molecule has 0 spiro atoms. The van der Waals surface area contributed by atoms with E-state index in [0.29, 0.717) is 5.56 Å². The van der Waals surface area contributed by atoms with Crippen LogP contribution in [-0.4, -0.2) is 13.1 Å². The third-order valence-electron chi connectivity index (χ3n) is 3.57. The number of anilines is 1. The minimum absolute atomic E-state index is 0.163. The second-order valence-corrected chi connectivity index (χ2v) is 5.30. The first-order valence-electron chi connectivity index (χ1n) is 7.03. The number of ether oxygens (including phenoxy) is 1. The Morgan fingerprint density at radius 3 is 2.57 bits per heavy atom. The summed E-state index contributed by atoms with van der Waals surface area (Å²) >= 11 is 0. The van der Waals surface area contributed by atoms with E-state index in [1.807, 2.05) is 19.1 Å². The monoisotopic (exact) mass is 283 g/mol. The Kier molecular flexibility index (Phi) is 4.63. The van der Waals surface area contributed by atoms with Crippen molar-refractivity contribution in [3.8, 4) is 0 Å². The van der Waals surface area contributed by atoms with Crippen molar-refractivity contribution in [2.45, 2.75) is 26.8 Å². The molecular weight excluding hydrogens is 262 g/mol. The third kappa shape index (κ3) is 3.63. The predicted molar refractivity (Wildman–Crippen MR) is 85.7 cm³/mol. The lowest BCUT2D eigenvalue weighted by molar-refractivity contribution is 0.0601. The first-order valence-corrected chi connectivity index (χ1v) is 7.03. The maximum atomic E-state index is 11.6. The van der Waals surface area contributed by atoms with Gasteiger partial charge in [0.05, 0.1) is 12.7 Å². The van der Waals surface area contributed by atoms with Crippen molar-refractivity contribution in [3.05, 3.63) is 64.7 Å². The lowest BCUT2D eigenvalue weighted by Gasteiger charge is -2.18. The summed E-state index contributed by atoms with van der Waals surface area (Å²) in [5.41, 5.74) is 5.06. The molecule has 0 bridgehead atoms. The second-order valence-electron chi connectivity index (χ2n) is 5.30. The van der Waals surface area contributed by atoms with E-state index in [0.717, 1.165) is 11.3 Å². The highest BCUT2D eigenvalue weighted by molar-refractivity contribution is 5.90. The van der Waals surface area contributed by atoms with Crippen molar-refractivity contribution in [1.29, 1.82) is 0 Å². The summed E-state index contributed by atoms with van der Waals surface area (Å²) in [5, 5.41) is 3.47. The fraction of sp³-hybridized carbons (Fsp3) is 0.278. The van der Waals surface area contributed by atoms with Gasteiger partial charge < -0.3 is 10.1 Å². The van der Waals surface area contributed by atoms with Crippen LogP contribution in [0.25, 0.3) is 0 Å². The molecule has 3 nitrogen and oxygen atoms in total. The van der Waals surface area contributed by atoms with Gasteiger partial charge in [0, 0.05) is 11.7 Å². The third-order valence-corrected chi connectivity index (χ3v) is 3.57. The molecule has 110 valence electrons. The van der Waals surface area contributed by atoms with Crippen LogP contribution in [0.4, 0.5) is 5.69 Å². The van der Waals surface area contributed by atoms with Gasteiger partial charge in [-0.15, -0.1) is 0 Å². The first-order chi connectivity index (χ1) is 10.0. The topological polar surface area (TPSA) is 38.3 Å². The van der Waals surface area contributed by atoms with Crippen LogP contribution in [0.5, 0.6) is 0 Å². The molecule has 0 fully saturated rings. The van der Waals surface area contributed by atoms with Gasteiger partial charge in [0.15, 0.2) is 0 Å². The number of benzene rings is 2. The van der Waals surface area contributed by atoms with Crippen molar-refractivity contribution >= 4 is 11.7 Å². The zero-order valence-electron chi connectivity index (χ0n) is 12.9. The number of aryl methyl sites for hydroxylation is 2. The molecule has 21 heavy (non-hydrogen) atoms. The molecule has 2 aromatic carbocycles. The summed E-state index contributed by atoms with van der Waals surface area (Å²) in [7, 11) is 1.39. The van der Waals surface area contributed by atoms with Gasteiger partial charge in [-0.25, -0.2) is 4.79 Å². The molecule has 0 radical (unpaired) electrons. The van der Waals surface area contributed by atoms with Crippen LogP contribution in [0.15, 0.2) is 42.5 Å². The maximum absolute atomic E-state index is 11.6. The van der Waals surface area contributed by atoms with Crippen LogP contribution in [0, 0.1) is 13.8 Å².